The van der Waals surface area contributed by atoms with Crippen LogP contribution in [0.15, 0.2) is 63.0 Å². The van der Waals surface area contributed by atoms with Crippen LogP contribution in [-0.4, -0.2) is 46.7 Å². The zero-order chi connectivity index (χ0) is 21.9. The van der Waals surface area contributed by atoms with E-state index in [0.717, 1.165) is 47.5 Å². The number of aliphatic imine (C=N–C) groups is 2. The summed E-state index contributed by atoms with van der Waals surface area (Å²) in [7, 11) is 2.00. The summed E-state index contributed by atoms with van der Waals surface area (Å²) >= 11 is 0. The molecule has 1 aliphatic heterocycles. The number of hydrogen-bond acceptors (Lipinski definition) is 7. The van der Waals surface area contributed by atoms with Crippen molar-refractivity contribution in [3.8, 4) is 0 Å². The van der Waals surface area contributed by atoms with Crippen LogP contribution in [0.1, 0.15) is 58.1 Å². The summed E-state index contributed by atoms with van der Waals surface area (Å²) in [5, 5.41) is 7.44. The van der Waals surface area contributed by atoms with Crippen LogP contribution in [0.3, 0.4) is 0 Å². The number of allylic oxidation sites excluding steroid dienone is 3. The molecule has 1 aromatic heterocycles. The molecule has 1 aliphatic rings. The molecule has 30 heavy (non-hydrogen) atoms. The Labute approximate surface area is 178 Å². The summed E-state index contributed by atoms with van der Waals surface area (Å²) in [5.74, 6) is 0. The molecule has 0 fully saturated rings. The molecule has 0 amide bonds. The number of likely N-dealkylation sites (N-methyl/N-ethyl adjacent to an activating group) is 1. The van der Waals surface area contributed by atoms with Gasteiger partial charge in [-0.05, 0) is 25.7 Å². The van der Waals surface area contributed by atoms with Gasteiger partial charge in [0, 0.05) is 49.5 Å². The zero-order valence-corrected chi connectivity index (χ0v) is 18.5. The second-order valence-corrected chi connectivity index (χ2v) is 7.13. The Kier molecular flexibility index (Phi) is 9.18. The third-order valence-corrected chi connectivity index (χ3v) is 5.00. The van der Waals surface area contributed by atoms with Crippen molar-refractivity contribution in [3.63, 3.8) is 0 Å². The van der Waals surface area contributed by atoms with Gasteiger partial charge in [-0.1, -0.05) is 32.0 Å². The Hall–Kier alpha value is -3.03. The van der Waals surface area contributed by atoms with Crippen molar-refractivity contribution in [1.82, 2.24) is 14.7 Å². The first-order valence-corrected chi connectivity index (χ1v) is 10.6. The normalized spacial score (nSPS) is 16.5. The predicted molar refractivity (Wildman–Crippen MR) is 124 cm³/mol. The molecular weight excluding hydrogens is 378 g/mol. The van der Waals surface area contributed by atoms with Gasteiger partial charge in [0.2, 0.25) is 0 Å². The number of nitroso groups, excluding NO2 is 1. The highest BCUT2D eigenvalue weighted by Gasteiger charge is 2.22. The van der Waals surface area contributed by atoms with Crippen molar-refractivity contribution in [3.05, 3.63) is 58.3 Å². The third-order valence-electron chi connectivity index (χ3n) is 5.00. The maximum absolute atomic E-state index is 10.2. The molecular formula is C22H33N7O. The molecule has 0 bridgehead atoms. The maximum Gasteiger partial charge on any atom is 0.0974 e. The molecule has 0 unspecified atom stereocenters. The molecule has 162 valence electrons. The minimum absolute atomic E-state index is 0.262. The summed E-state index contributed by atoms with van der Waals surface area (Å²) in [6.07, 6.45) is 14.8. The zero-order valence-electron chi connectivity index (χ0n) is 18.5. The van der Waals surface area contributed by atoms with Crippen molar-refractivity contribution >= 4 is 11.9 Å². The topological polar surface area (TPSA) is 101 Å². The monoisotopic (exact) mass is 411 g/mol. The van der Waals surface area contributed by atoms with Gasteiger partial charge in [0.25, 0.3) is 0 Å². The van der Waals surface area contributed by atoms with Crippen LogP contribution in [0.4, 0.5) is 0 Å². The first-order valence-electron chi connectivity index (χ1n) is 10.6. The van der Waals surface area contributed by atoms with E-state index in [1.165, 1.54) is 6.20 Å². The average Bonchev–Trinajstić information content (AvgIpc) is 3.23. The van der Waals surface area contributed by atoms with Gasteiger partial charge in [-0.25, -0.2) is 4.99 Å². The predicted octanol–water partition coefficient (Wildman–Crippen LogP) is 4.18. The van der Waals surface area contributed by atoms with Crippen molar-refractivity contribution in [2.75, 3.05) is 20.1 Å². The molecule has 0 atom stereocenters. The summed E-state index contributed by atoms with van der Waals surface area (Å²) in [4.78, 5) is 21.5. The van der Waals surface area contributed by atoms with Gasteiger partial charge in [-0.3, -0.25) is 9.67 Å². The number of hydrogen-bond donors (Lipinski definition) is 1. The lowest BCUT2D eigenvalue weighted by atomic mass is 10.1. The number of nitrogens with zero attached hydrogens (tertiary/aromatic N) is 6. The molecule has 2 N–H and O–H groups in total. The van der Waals surface area contributed by atoms with E-state index in [2.05, 4.69) is 53.2 Å². The number of nitrogens with two attached hydrogens (primary N) is 1. The molecule has 0 saturated carbocycles. The molecule has 0 aromatic carbocycles. The number of aromatic nitrogens is 2. The van der Waals surface area contributed by atoms with Crippen molar-refractivity contribution in [1.29, 1.82) is 0 Å². The maximum atomic E-state index is 10.2. The van der Waals surface area contributed by atoms with Crippen LogP contribution in [0.5, 0.6) is 0 Å². The average molecular weight is 412 g/mol. The van der Waals surface area contributed by atoms with Gasteiger partial charge in [0.15, 0.2) is 0 Å². The molecule has 8 heteroatoms. The Balaban J connectivity index is 2.38. The second-order valence-electron chi connectivity index (χ2n) is 7.13. The Morgan fingerprint density at radius 1 is 1.27 bits per heavy atom. The Morgan fingerprint density at radius 2 is 2.03 bits per heavy atom. The Morgan fingerprint density at radius 3 is 2.67 bits per heavy atom. The van der Waals surface area contributed by atoms with Crippen molar-refractivity contribution < 1.29 is 0 Å². The lowest BCUT2D eigenvalue weighted by Gasteiger charge is -2.25. The van der Waals surface area contributed by atoms with Gasteiger partial charge in [-0.2, -0.15) is 10.0 Å². The van der Waals surface area contributed by atoms with E-state index in [4.69, 9.17) is 10.7 Å². The van der Waals surface area contributed by atoms with Gasteiger partial charge >= 0.3 is 0 Å². The molecule has 2 heterocycles. The highest BCUT2D eigenvalue weighted by molar-refractivity contribution is 6.13. The summed E-state index contributed by atoms with van der Waals surface area (Å²) in [5.41, 5.74) is 10.2. The summed E-state index contributed by atoms with van der Waals surface area (Å²) in [6, 6.07) is 0.377. The second kappa shape index (κ2) is 11.8. The molecule has 2 rings (SSSR count). The standard InChI is InChI=1S/C22H33N7O/c1-5-9-21-22(18-14-25-29(15-18)19(6-2)7-3)27-20(16-28(21)4)17(12-23)13-24-10-8-11-26-30/h9,12-16,19H,5-8,10-11,23H2,1-4H3/b17-12?,21-9-,24-13?. The lowest BCUT2D eigenvalue weighted by Crippen LogP contribution is -2.24. The lowest BCUT2D eigenvalue weighted by molar-refractivity contribution is 0.428. The largest absolute Gasteiger partial charge is 0.404 e. The molecule has 1 aromatic rings. The first kappa shape index (κ1) is 23.3. The van der Waals surface area contributed by atoms with Gasteiger partial charge < -0.3 is 10.6 Å². The van der Waals surface area contributed by atoms with Crippen LogP contribution < -0.4 is 5.73 Å². The van der Waals surface area contributed by atoms with E-state index in [9.17, 15) is 4.91 Å². The van der Waals surface area contributed by atoms with Gasteiger partial charge in [0.1, 0.15) is 0 Å². The fourth-order valence-corrected chi connectivity index (χ4v) is 3.32. The molecule has 0 aliphatic carbocycles. The van der Waals surface area contributed by atoms with Gasteiger partial charge in [0.05, 0.1) is 35.9 Å². The molecule has 0 spiro atoms. The van der Waals surface area contributed by atoms with Gasteiger partial charge in [-0.15, -0.1) is 0 Å². The van der Waals surface area contributed by atoms with E-state index >= 15 is 0 Å². The van der Waals surface area contributed by atoms with Crippen LogP contribution >= 0.6 is 0 Å². The fraction of sp³-hybridized carbons (Fsp3) is 0.500. The fourth-order valence-electron chi connectivity index (χ4n) is 3.32. The minimum atomic E-state index is 0.262. The highest BCUT2D eigenvalue weighted by atomic mass is 16.3. The van der Waals surface area contributed by atoms with E-state index in [1.54, 1.807) is 6.21 Å². The van der Waals surface area contributed by atoms with Crippen LogP contribution in [0.25, 0.3) is 0 Å². The third kappa shape index (κ3) is 5.75. The quantitative estimate of drug-likeness (QED) is 0.335. The van der Waals surface area contributed by atoms with E-state index in [0.29, 0.717) is 19.0 Å². The summed E-state index contributed by atoms with van der Waals surface area (Å²) < 4.78 is 2.03. The van der Waals surface area contributed by atoms with E-state index in [-0.39, 0.29) is 6.54 Å². The smallest absolute Gasteiger partial charge is 0.0974 e. The minimum Gasteiger partial charge on any atom is -0.404 e. The molecule has 0 saturated heterocycles. The van der Waals surface area contributed by atoms with Crippen molar-refractivity contribution in [2.45, 2.75) is 52.5 Å². The SMILES string of the molecule is CC/C=C1/C(c2cnn(C(CC)CC)c2)=NC(C(C=NCCCN=O)=CN)=CN1C. The molecule has 0 radical (unpaired) electrons. The highest BCUT2D eigenvalue weighted by Crippen LogP contribution is 2.25. The summed E-state index contributed by atoms with van der Waals surface area (Å²) in [6.45, 7) is 7.24. The van der Waals surface area contributed by atoms with Crippen LogP contribution in [0, 0.1) is 4.91 Å². The van der Waals surface area contributed by atoms with Crippen LogP contribution in [-0.2, 0) is 0 Å². The number of rotatable bonds is 11. The van der Waals surface area contributed by atoms with Crippen molar-refractivity contribution in [2.24, 2.45) is 20.9 Å². The molecule has 8 nitrogen and oxygen atoms in total. The van der Waals surface area contributed by atoms with E-state index < -0.39 is 0 Å². The van der Waals surface area contributed by atoms with E-state index in [1.807, 2.05) is 24.1 Å². The first-order chi connectivity index (χ1) is 14.6. The van der Waals surface area contributed by atoms with Crippen LogP contribution in [0.2, 0.25) is 0 Å². The Bertz CT molecular complexity index is 857.